The summed E-state index contributed by atoms with van der Waals surface area (Å²) in [5.74, 6) is -1.10. The molecule has 0 saturated heterocycles. The van der Waals surface area contributed by atoms with Gasteiger partial charge in [-0.15, -0.1) is 0 Å². The van der Waals surface area contributed by atoms with E-state index in [-0.39, 0.29) is 39.3 Å². The molecule has 4 rings (SSSR count). The minimum Gasteiger partial charge on any atom is -0.480 e. The number of hydrogen-bond donors (Lipinski definition) is 2. The van der Waals surface area contributed by atoms with E-state index in [0.717, 1.165) is 18.2 Å². The molecule has 2 aromatic carbocycles. The number of likely N-dealkylation sites (N-methyl/N-ethyl adjacent to an activating group) is 1. The largest absolute Gasteiger partial charge is 0.480 e. The summed E-state index contributed by atoms with van der Waals surface area (Å²) in [6.07, 6.45) is 1.89. The van der Waals surface area contributed by atoms with Crippen molar-refractivity contribution in [2.24, 2.45) is 0 Å². The van der Waals surface area contributed by atoms with Crippen LogP contribution in [0, 0.1) is 5.82 Å². The first kappa shape index (κ1) is 28.0. The Morgan fingerprint density at radius 2 is 1.90 bits per heavy atom. The van der Waals surface area contributed by atoms with Crippen molar-refractivity contribution in [2.75, 3.05) is 26.0 Å². The van der Waals surface area contributed by atoms with Crippen LogP contribution in [0.1, 0.15) is 0 Å². The number of aromatic nitrogens is 3. The van der Waals surface area contributed by atoms with Crippen LogP contribution in [0.15, 0.2) is 64.7 Å². The molecule has 0 unspecified atom stereocenters. The van der Waals surface area contributed by atoms with Gasteiger partial charge in [-0.1, -0.05) is 17.7 Å². The highest BCUT2D eigenvalue weighted by molar-refractivity contribution is 7.92. The van der Waals surface area contributed by atoms with Crippen molar-refractivity contribution < 1.29 is 27.1 Å². The number of methoxy groups -OCH3 is 2. The number of nitrogens with zero attached hydrogens (tertiary/aromatic N) is 3. The molecular weight excluding hydrogens is 553 g/mol. The summed E-state index contributed by atoms with van der Waals surface area (Å²) in [5.41, 5.74) is 0.996. The maximum atomic E-state index is 13.4. The van der Waals surface area contributed by atoms with Crippen molar-refractivity contribution in [1.29, 1.82) is 0 Å². The first-order valence-electron chi connectivity index (χ1n) is 11.3. The highest BCUT2D eigenvalue weighted by atomic mass is 35.5. The minimum absolute atomic E-state index is 0.00685. The molecule has 0 spiro atoms. The van der Waals surface area contributed by atoms with E-state index in [0.29, 0.717) is 16.6 Å². The molecule has 0 bridgehead atoms. The summed E-state index contributed by atoms with van der Waals surface area (Å²) >= 11 is 5.96. The Labute approximate surface area is 227 Å². The number of anilines is 1. The number of nitrogens with one attached hydrogen (secondary N) is 2. The zero-order valence-electron chi connectivity index (χ0n) is 20.9. The van der Waals surface area contributed by atoms with Gasteiger partial charge in [0, 0.05) is 25.9 Å². The van der Waals surface area contributed by atoms with Gasteiger partial charge in [-0.2, -0.15) is 0 Å². The van der Waals surface area contributed by atoms with Crippen molar-refractivity contribution in [3.8, 4) is 17.0 Å². The second kappa shape index (κ2) is 11.4. The molecule has 4 aromatic rings. The van der Waals surface area contributed by atoms with Crippen LogP contribution >= 0.6 is 11.6 Å². The smallest absolute Gasteiger partial charge is 0.263 e. The molecule has 1 atom stereocenters. The molecular formula is C25H23ClFN5O6S. The van der Waals surface area contributed by atoms with Crippen LogP contribution < -0.4 is 20.3 Å². The van der Waals surface area contributed by atoms with Crippen LogP contribution in [0.2, 0.25) is 5.02 Å². The second-order valence-corrected chi connectivity index (χ2v) is 10.3. The van der Waals surface area contributed by atoms with Crippen molar-refractivity contribution in [3.05, 3.63) is 76.2 Å². The number of pyridine rings is 1. The lowest BCUT2D eigenvalue weighted by Gasteiger charge is -2.15. The second-order valence-electron chi connectivity index (χ2n) is 8.23. The van der Waals surface area contributed by atoms with Gasteiger partial charge >= 0.3 is 0 Å². The molecule has 11 nitrogen and oxygen atoms in total. The molecule has 204 valence electrons. The fourth-order valence-electron chi connectivity index (χ4n) is 3.81. The third-order valence-electron chi connectivity index (χ3n) is 5.82. The fourth-order valence-corrected chi connectivity index (χ4v) is 5.39. The van der Waals surface area contributed by atoms with Crippen LogP contribution in [0.4, 0.5) is 10.1 Å². The number of rotatable bonds is 9. The van der Waals surface area contributed by atoms with Gasteiger partial charge in [0.2, 0.25) is 5.88 Å². The van der Waals surface area contributed by atoms with E-state index < -0.39 is 27.5 Å². The molecule has 39 heavy (non-hydrogen) atoms. The lowest BCUT2D eigenvalue weighted by Crippen LogP contribution is -2.39. The fraction of sp³-hybridized carbons (Fsp3) is 0.200. The number of fused-ring (bicyclic) bond motifs is 1. The summed E-state index contributed by atoms with van der Waals surface area (Å²) < 4.78 is 53.5. The van der Waals surface area contributed by atoms with E-state index in [2.05, 4.69) is 20.0 Å². The maximum Gasteiger partial charge on any atom is 0.263 e. The molecule has 0 aliphatic rings. The van der Waals surface area contributed by atoms with Gasteiger partial charge in [0.1, 0.15) is 16.4 Å². The van der Waals surface area contributed by atoms with Crippen LogP contribution in [0.3, 0.4) is 0 Å². The quantitative estimate of drug-likeness (QED) is 0.310. The third kappa shape index (κ3) is 5.85. The van der Waals surface area contributed by atoms with Crippen LogP contribution in [-0.4, -0.2) is 56.2 Å². The van der Waals surface area contributed by atoms with Gasteiger partial charge in [0.15, 0.2) is 6.10 Å². The van der Waals surface area contributed by atoms with Crippen molar-refractivity contribution in [3.63, 3.8) is 0 Å². The van der Waals surface area contributed by atoms with E-state index in [1.807, 2.05) is 0 Å². The van der Waals surface area contributed by atoms with Gasteiger partial charge in [0.05, 0.1) is 35.9 Å². The monoisotopic (exact) mass is 575 g/mol. The van der Waals surface area contributed by atoms with Crippen LogP contribution in [0.5, 0.6) is 5.88 Å². The topological polar surface area (TPSA) is 142 Å². The number of halogens is 2. The molecule has 0 fully saturated rings. The first-order valence-corrected chi connectivity index (χ1v) is 13.2. The third-order valence-corrected chi connectivity index (χ3v) is 7.66. The molecule has 2 N–H and O–H groups in total. The summed E-state index contributed by atoms with van der Waals surface area (Å²) in [4.78, 5) is 33.4. The van der Waals surface area contributed by atoms with E-state index in [1.54, 1.807) is 18.2 Å². The van der Waals surface area contributed by atoms with Crippen LogP contribution in [0.25, 0.3) is 22.0 Å². The lowest BCUT2D eigenvalue weighted by atomic mass is 10.1. The van der Waals surface area contributed by atoms with Gasteiger partial charge < -0.3 is 14.8 Å². The first-order chi connectivity index (χ1) is 18.6. The van der Waals surface area contributed by atoms with Gasteiger partial charge in [-0.05, 0) is 42.0 Å². The van der Waals surface area contributed by atoms with E-state index >= 15 is 0 Å². The van der Waals surface area contributed by atoms with Crippen LogP contribution in [-0.2, 0) is 26.1 Å². The summed E-state index contributed by atoms with van der Waals surface area (Å²) in [5, 5.41) is 2.45. The predicted octanol–water partition coefficient (Wildman–Crippen LogP) is 2.82. The molecule has 0 aliphatic carbocycles. The Kier molecular flexibility index (Phi) is 8.14. The van der Waals surface area contributed by atoms with Gasteiger partial charge in [0.25, 0.3) is 21.5 Å². The Morgan fingerprint density at radius 3 is 2.56 bits per heavy atom. The summed E-state index contributed by atoms with van der Waals surface area (Å²) in [6, 6.07) is 9.30. The average Bonchev–Trinajstić information content (AvgIpc) is 2.91. The molecule has 0 aliphatic heterocycles. The number of carbonyl (C=O) groups is 1. The Hall–Kier alpha value is -4.07. The Bertz CT molecular complexity index is 1730. The zero-order valence-corrected chi connectivity index (χ0v) is 22.5. The molecule has 0 radical (unpaired) electrons. The predicted molar refractivity (Wildman–Crippen MR) is 143 cm³/mol. The summed E-state index contributed by atoms with van der Waals surface area (Å²) in [7, 11) is -0.0879. The lowest BCUT2D eigenvalue weighted by molar-refractivity contribution is -0.131. The maximum absolute atomic E-state index is 13.4. The van der Waals surface area contributed by atoms with Crippen molar-refractivity contribution >= 4 is 44.1 Å². The number of carbonyl (C=O) groups excluding carboxylic acids is 1. The standard InChI is InChI=1S/C25H23ClFN5O6S/c1-28-23(33)21(37-2)12-32-13-30-19-6-4-14(8-17(19)25(32)34)15-9-20(24(38-3)29-11-15)31-39(35,36)22-7-5-16(27)10-18(22)26/h4-11,13,21,31H,12H2,1-3H3,(H,28,33)/t21-/m1/s1. The molecule has 2 heterocycles. The van der Waals surface area contributed by atoms with Gasteiger partial charge in [-0.3, -0.25) is 18.9 Å². The van der Waals surface area contributed by atoms with E-state index in [4.69, 9.17) is 21.1 Å². The van der Waals surface area contributed by atoms with E-state index in [1.165, 1.54) is 44.4 Å². The minimum atomic E-state index is -4.24. The normalized spacial score (nSPS) is 12.2. The highest BCUT2D eigenvalue weighted by Gasteiger charge is 2.22. The molecule has 14 heteroatoms. The van der Waals surface area contributed by atoms with Crippen molar-refractivity contribution in [1.82, 2.24) is 19.9 Å². The molecule has 0 saturated carbocycles. The Morgan fingerprint density at radius 1 is 1.13 bits per heavy atom. The zero-order chi connectivity index (χ0) is 28.3. The Balaban J connectivity index is 1.73. The number of sulfonamides is 1. The SMILES string of the molecule is CNC(=O)[C@@H](Cn1cnc2ccc(-c3cnc(OC)c(NS(=O)(=O)c4ccc(F)cc4Cl)c3)cc2c1=O)OC. The number of benzene rings is 2. The van der Waals surface area contributed by atoms with Gasteiger partial charge in [-0.25, -0.2) is 22.8 Å². The van der Waals surface area contributed by atoms with Crippen molar-refractivity contribution in [2.45, 2.75) is 17.5 Å². The molecule has 2 aromatic heterocycles. The molecule has 1 amide bonds. The highest BCUT2D eigenvalue weighted by Crippen LogP contribution is 2.32. The number of ether oxygens (including phenoxy) is 2. The average molecular weight is 576 g/mol. The van der Waals surface area contributed by atoms with E-state index in [9.17, 15) is 22.4 Å². The number of amides is 1. The number of hydrogen-bond acceptors (Lipinski definition) is 8. The summed E-state index contributed by atoms with van der Waals surface area (Å²) in [6.45, 7) is -0.0514.